The molecule has 0 saturated heterocycles. The van der Waals surface area contributed by atoms with Crippen molar-refractivity contribution in [2.45, 2.75) is 5.25 Å². The molecule has 0 aliphatic heterocycles. The molecular weight excluding hydrogens is 256 g/mol. The topological polar surface area (TPSA) is 106 Å². The van der Waals surface area contributed by atoms with Gasteiger partial charge in [-0.15, -0.1) is 0 Å². The Kier molecular flexibility index (Phi) is 8.96. The van der Waals surface area contributed by atoms with E-state index in [1.54, 1.807) is 11.8 Å². The highest BCUT2D eigenvalue weighted by Crippen LogP contribution is 2.17. The Morgan fingerprint density at radius 3 is 2.27 bits per heavy atom. The third-order valence-electron chi connectivity index (χ3n) is 1.43. The highest BCUT2D eigenvalue weighted by atomic mass is 32.2. The van der Waals surface area contributed by atoms with Crippen molar-refractivity contribution in [3.8, 4) is 0 Å². The predicted octanol–water partition coefficient (Wildman–Crippen LogP) is -0.373. The molecule has 0 aliphatic carbocycles. The molecule has 0 saturated carbocycles. The van der Waals surface area contributed by atoms with Gasteiger partial charge < -0.3 is 11.5 Å². The van der Waals surface area contributed by atoms with Crippen LogP contribution in [-0.4, -0.2) is 54.3 Å². The number of hydrogen-bond donors (Lipinski definition) is 3. The molecule has 0 rings (SSSR count). The first kappa shape index (κ1) is 15.5. The third-order valence-corrected chi connectivity index (χ3v) is 5.12. The zero-order chi connectivity index (χ0) is 11.7. The molecule has 0 heterocycles. The Balaban J connectivity index is 3.95. The number of rotatable bonds is 9. The van der Waals surface area contributed by atoms with Gasteiger partial charge in [0.25, 0.3) is 10.1 Å². The average Bonchev–Trinajstić information content (AvgIpc) is 2.12. The fourth-order valence-corrected chi connectivity index (χ4v) is 4.41. The summed E-state index contributed by atoms with van der Waals surface area (Å²) in [5, 5.41) is -0.111. The van der Waals surface area contributed by atoms with Crippen LogP contribution in [0.3, 0.4) is 0 Å². The standard InChI is InChI=1S/C7H18N2O3S3/c8-1-3-13-5-7(14-4-2-9)6-15(10,11)12/h7H,1-6,8-9H2,(H,10,11,12). The van der Waals surface area contributed by atoms with E-state index in [9.17, 15) is 8.42 Å². The quantitative estimate of drug-likeness (QED) is 0.389. The maximum absolute atomic E-state index is 10.7. The van der Waals surface area contributed by atoms with Crippen LogP contribution in [-0.2, 0) is 10.1 Å². The molecule has 0 aromatic rings. The Morgan fingerprint density at radius 2 is 1.80 bits per heavy atom. The van der Waals surface area contributed by atoms with E-state index in [1.165, 1.54) is 11.8 Å². The van der Waals surface area contributed by atoms with Gasteiger partial charge in [-0.3, -0.25) is 4.55 Å². The van der Waals surface area contributed by atoms with Crippen molar-refractivity contribution in [3.05, 3.63) is 0 Å². The second kappa shape index (κ2) is 8.66. The summed E-state index contributed by atoms with van der Waals surface area (Å²) >= 11 is 3.06. The van der Waals surface area contributed by atoms with Crippen LogP contribution in [0.1, 0.15) is 0 Å². The predicted molar refractivity (Wildman–Crippen MR) is 68.1 cm³/mol. The molecule has 0 bridgehead atoms. The van der Waals surface area contributed by atoms with Gasteiger partial charge in [0.05, 0.1) is 5.75 Å². The number of thioether (sulfide) groups is 2. The van der Waals surface area contributed by atoms with E-state index in [0.717, 1.165) is 5.75 Å². The summed E-state index contributed by atoms with van der Waals surface area (Å²) in [6.45, 7) is 1.08. The van der Waals surface area contributed by atoms with E-state index >= 15 is 0 Å². The van der Waals surface area contributed by atoms with Gasteiger partial charge in [0, 0.05) is 35.6 Å². The molecular formula is C7H18N2O3S3. The van der Waals surface area contributed by atoms with Gasteiger partial charge in [0.1, 0.15) is 0 Å². The molecule has 0 aromatic carbocycles. The highest BCUT2D eigenvalue weighted by molar-refractivity contribution is 8.04. The van der Waals surface area contributed by atoms with Crippen molar-refractivity contribution in [3.63, 3.8) is 0 Å². The Bertz CT molecular complexity index is 246. The Hall–Kier alpha value is 0.530. The summed E-state index contributed by atoms with van der Waals surface area (Å²) in [7, 11) is -3.90. The average molecular weight is 274 g/mol. The molecule has 15 heavy (non-hydrogen) atoms. The Morgan fingerprint density at radius 1 is 1.20 bits per heavy atom. The molecule has 92 valence electrons. The minimum Gasteiger partial charge on any atom is -0.330 e. The molecule has 1 unspecified atom stereocenters. The first-order valence-electron chi connectivity index (χ1n) is 4.54. The molecule has 5 nitrogen and oxygen atoms in total. The molecule has 0 fully saturated rings. The number of hydrogen-bond acceptors (Lipinski definition) is 6. The summed E-state index contributed by atoms with van der Waals surface area (Å²) in [5.74, 6) is 1.95. The van der Waals surface area contributed by atoms with Crippen LogP contribution >= 0.6 is 23.5 Å². The second-order valence-corrected chi connectivity index (χ2v) is 6.95. The monoisotopic (exact) mass is 274 g/mol. The van der Waals surface area contributed by atoms with Gasteiger partial charge in [-0.25, -0.2) is 0 Å². The van der Waals surface area contributed by atoms with Crippen LogP contribution in [0.15, 0.2) is 0 Å². The van der Waals surface area contributed by atoms with Crippen molar-refractivity contribution in [1.82, 2.24) is 0 Å². The maximum Gasteiger partial charge on any atom is 0.265 e. The largest absolute Gasteiger partial charge is 0.330 e. The zero-order valence-electron chi connectivity index (χ0n) is 8.46. The molecule has 0 aromatic heterocycles. The summed E-state index contributed by atoms with van der Waals surface area (Å²) in [6, 6.07) is 0. The fraction of sp³-hybridized carbons (Fsp3) is 1.00. The maximum atomic E-state index is 10.7. The summed E-state index contributed by atoms with van der Waals surface area (Å²) < 4.78 is 30.2. The lowest BCUT2D eigenvalue weighted by Gasteiger charge is -2.13. The fourth-order valence-electron chi connectivity index (χ4n) is 0.912. The lowest BCUT2D eigenvalue weighted by molar-refractivity contribution is 0.483. The summed E-state index contributed by atoms with van der Waals surface area (Å²) in [5.41, 5.74) is 10.7. The van der Waals surface area contributed by atoms with Crippen LogP contribution < -0.4 is 11.5 Å². The smallest absolute Gasteiger partial charge is 0.265 e. The molecule has 5 N–H and O–H groups in total. The lowest BCUT2D eigenvalue weighted by Crippen LogP contribution is -2.22. The van der Waals surface area contributed by atoms with E-state index in [4.69, 9.17) is 16.0 Å². The lowest BCUT2D eigenvalue weighted by atomic mass is 10.5. The SMILES string of the molecule is NCCSCC(CS(=O)(=O)O)SCCN. The van der Waals surface area contributed by atoms with Crippen LogP contribution in [0, 0.1) is 0 Å². The molecule has 0 spiro atoms. The third kappa shape index (κ3) is 10.8. The van der Waals surface area contributed by atoms with Crippen molar-refractivity contribution in [2.24, 2.45) is 11.5 Å². The van der Waals surface area contributed by atoms with Gasteiger partial charge in [-0.2, -0.15) is 31.9 Å². The number of nitrogens with two attached hydrogens (primary N) is 2. The minimum atomic E-state index is -3.90. The van der Waals surface area contributed by atoms with E-state index in [0.29, 0.717) is 24.6 Å². The van der Waals surface area contributed by atoms with Crippen LogP contribution in [0.5, 0.6) is 0 Å². The van der Waals surface area contributed by atoms with Crippen molar-refractivity contribution in [2.75, 3.05) is 36.1 Å². The highest BCUT2D eigenvalue weighted by Gasteiger charge is 2.16. The van der Waals surface area contributed by atoms with E-state index in [1.807, 2.05) is 0 Å². The molecule has 1 atom stereocenters. The van der Waals surface area contributed by atoms with Crippen molar-refractivity contribution < 1.29 is 13.0 Å². The van der Waals surface area contributed by atoms with E-state index in [2.05, 4.69) is 0 Å². The van der Waals surface area contributed by atoms with Crippen molar-refractivity contribution >= 4 is 33.6 Å². The second-order valence-electron chi connectivity index (χ2n) is 2.89. The minimum absolute atomic E-state index is 0.111. The van der Waals surface area contributed by atoms with Gasteiger partial charge in [-0.05, 0) is 0 Å². The van der Waals surface area contributed by atoms with Crippen LogP contribution in [0.25, 0.3) is 0 Å². The van der Waals surface area contributed by atoms with Crippen LogP contribution in [0.2, 0.25) is 0 Å². The molecule has 0 radical (unpaired) electrons. The summed E-state index contributed by atoms with van der Waals surface area (Å²) in [4.78, 5) is 0. The zero-order valence-corrected chi connectivity index (χ0v) is 10.9. The molecule has 0 aliphatic rings. The first-order valence-corrected chi connectivity index (χ1v) is 8.35. The van der Waals surface area contributed by atoms with E-state index in [-0.39, 0.29) is 11.0 Å². The molecule has 8 heteroatoms. The van der Waals surface area contributed by atoms with Gasteiger partial charge in [-0.1, -0.05) is 0 Å². The van der Waals surface area contributed by atoms with Crippen molar-refractivity contribution in [1.29, 1.82) is 0 Å². The van der Waals surface area contributed by atoms with Gasteiger partial charge >= 0.3 is 0 Å². The van der Waals surface area contributed by atoms with Gasteiger partial charge in [0.15, 0.2) is 0 Å². The van der Waals surface area contributed by atoms with Crippen LogP contribution in [0.4, 0.5) is 0 Å². The normalized spacial score (nSPS) is 14.1. The van der Waals surface area contributed by atoms with Gasteiger partial charge in [0.2, 0.25) is 0 Å². The van der Waals surface area contributed by atoms with E-state index < -0.39 is 10.1 Å². The Labute approximate surface area is 99.5 Å². The summed E-state index contributed by atoms with van der Waals surface area (Å²) in [6.07, 6.45) is 0. The first-order chi connectivity index (χ1) is 6.99. The molecule has 0 amide bonds.